The highest BCUT2D eigenvalue weighted by atomic mass is 16.1. The number of nitrogens with two attached hydrogens (primary N) is 1. The van der Waals surface area contributed by atoms with E-state index in [0.29, 0.717) is 5.56 Å². The molecular formula is C17H18N6O. The van der Waals surface area contributed by atoms with Crippen LogP contribution in [0.3, 0.4) is 0 Å². The lowest BCUT2D eigenvalue weighted by atomic mass is 10.1. The summed E-state index contributed by atoms with van der Waals surface area (Å²) in [6.07, 6.45) is 7.10. The highest BCUT2D eigenvalue weighted by Crippen LogP contribution is 2.21. The molecule has 2 N–H and O–H groups in total. The van der Waals surface area contributed by atoms with Gasteiger partial charge in [0.1, 0.15) is 11.8 Å². The van der Waals surface area contributed by atoms with E-state index in [9.17, 15) is 4.79 Å². The molecule has 1 aliphatic heterocycles. The molecule has 24 heavy (non-hydrogen) atoms. The highest BCUT2D eigenvalue weighted by Gasteiger charge is 2.16. The first-order valence-corrected chi connectivity index (χ1v) is 8.08. The van der Waals surface area contributed by atoms with Gasteiger partial charge in [-0.3, -0.25) is 9.36 Å². The van der Waals surface area contributed by atoms with Crippen molar-refractivity contribution in [1.29, 1.82) is 0 Å². The van der Waals surface area contributed by atoms with Crippen LogP contribution in [-0.4, -0.2) is 38.5 Å². The summed E-state index contributed by atoms with van der Waals surface area (Å²) in [5.74, 6) is 0.310. The van der Waals surface area contributed by atoms with Crippen LogP contribution in [0.5, 0.6) is 0 Å². The minimum atomic E-state index is -0.438. The largest absolute Gasteiger partial charge is 0.366 e. The number of anilines is 1. The van der Waals surface area contributed by atoms with Gasteiger partial charge in [-0.2, -0.15) is 4.98 Å². The molecule has 1 aliphatic rings. The molecule has 4 rings (SSSR count). The van der Waals surface area contributed by atoms with E-state index in [1.165, 1.54) is 19.3 Å². The number of carbonyl (C=O) groups excluding carboxylic acids is 1. The minimum absolute atomic E-state index is 0.438. The van der Waals surface area contributed by atoms with Crippen LogP contribution in [-0.2, 0) is 0 Å². The summed E-state index contributed by atoms with van der Waals surface area (Å²) < 4.78 is 1.90. The van der Waals surface area contributed by atoms with Gasteiger partial charge in [-0.25, -0.2) is 9.97 Å². The Balaban J connectivity index is 1.73. The maximum absolute atomic E-state index is 11.2. The van der Waals surface area contributed by atoms with E-state index in [0.717, 1.165) is 35.9 Å². The number of benzene rings is 1. The fourth-order valence-corrected chi connectivity index (χ4v) is 3.02. The van der Waals surface area contributed by atoms with Gasteiger partial charge in [-0.1, -0.05) is 0 Å². The minimum Gasteiger partial charge on any atom is -0.366 e. The van der Waals surface area contributed by atoms with Crippen LogP contribution in [0.2, 0.25) is 0 Å². The average molecular weight is 322 g/mol. The lowest BCUT2D eigenvalue weighted by Crippen LogP contribution is -2.31. The Hall–Kier alpha value is -2.96. The zero-order valence-corrected chi connectivity index (χ0v) is 13.2. The average Bonchev–Trinajstić information content (AvgIpc) is 3.05. The lowest BCUT2D eigenvalue weighted by molar-refractivity contribution is 0.100. The molecule has 0 bridgehead atoms. The summed E-state index contributed by atoms with van der Waals surface area (Å²) >= 11 is 0. The Morgan fingerprint density at radius 3 is 2.50 bits per heavy atom. The third-order valence-corrected chi connectivity index (χ3v) is 4.35. The van der Waals surface area contributed by atoms with Gasteiger partial charge in [-0.15, -0.1) is 0 Å². The van der Waals surface area contributed by atoms with E-state index < -0.39 is 5.91 Å². The fourth-order valence-electron chi connectivity index (χ4n) is 3.02. The summed E-state index contributed by atoms with van der Waals surface area (Å²) in [5, 5.41) is 0. The quantitative estimate of drug-likeness (QED) is 0.795. The molecule has 0 radical (unpaired) electrons. The number of piperidine rings is 1. The number of nitrogens with zero attached hydrogens (tertiary/aromatic N) is 5. The van der Waals surface area contributed by atoms with Crippen LogP contribution in [0, 0.1) is 0 Å². The van der Waals surface area contributed by atoms with Crippen molar-refractivity contribution < 1.29 is 4.79 Å². The fraction of sp³-hybridized carbons (Fsp3) is 0.294. The molecule has 3 heterocycles. The number of rotatable bonds is 3. The molecule has 1 amide bonds. The summed E-state index contributed by atoms with van der Waals surface area (Å²) in [6, 6.07) is 7.08. The van der Waals surface area contributed by atoms with Crippen molar-refractivity contribution in [2.24, 2.45) is 5.73 Å². The first-order chi connectivity index (χ1) is 11.7. The number of hydrogen-bond acceptors (Lipinski definition) is 5. The van der Waals surface area contributed by atoms with Crippen molar-refractivity contribution in [1.82, 2.24) is 19.5 Å². The van der Waals surface area contributed by atoms with Gasteiger partial charge in [0.2, 0.25) is 11.9 Å². The molecule has 7 nitrogen and oxygen atoms in total. The van der Waals surface area contributed by atoms with E-state index >= 15 is 0 Å². The van der Waals surface area contributed by atoms with Gasteiger partial charge in [0, 0.05) is 24.3 Å². The van der Waals surface area contributed by atoms with Crippen molar-refractivity contribution >= 4 is 23.0 Å². The van der Waals surface area contributed by atoms with E-state index in [1.54, 1.807) is 24.7 Å². The van der Waals surface area contributed by atoms with Crippen molar-refractivity contribution in [3.05, 3.63) is 42.4 Å². The number of aromatic nitrogens is 4. The third kappa shape index (κ3) is 2.58. The second-order valence-electron chi connectivity index (χ2n) is 5.95. The number of amides is 1. The smallest absolute Gasteiger partial charge is 0.248 e. The molecule has 0 atom stereocenters. The van der Waals surface area contributed by atoms with Gasteiger partial charge in [0.05, 0.1) is 6.20 Å². The molecule has 0 saturated carbocycles. The van der Waals surface area contributed by atoms with E-state index in [1.807, 2.05) is 16.7 Å². The van der Waals surface area contributed by atoms with Crippen molar-refractivity contribution in [3.8, 4) is 5.69 Å². The van der Waals surface area contributed by atoms with Gasteiger partial charge < -0.3 is 10.6 Å². The summed E-state index contributed by atoms with van der Waals surface area (Å²) in [4.78, 5) is 27.0. The standard InChI is InChI=1S/C17H18N6O/c18-15(24)12-4-6-13(7-5-12)23-11-20-14-10-19-17(21-16(14)23)22-8-2-1-3-9-22/h4-7,10-11H,1-3,8-9H2,(H2,18,24). The van der Waals surface area contributed by atoms with Crippen LogP contribution in [0.15, 0.2) is 36.8 Å². The first-order valence-electron chi connectivity index (χ1n) is 8.08. The normalized spacial score (nSPS) is 14.9. The lowest BCUT2D eigenvalue weighted by Gasteiger charge is -2.26. The van der Waals surface area contributed by atoms with E-state index in [-0.39, 0.29) is 0 Å². The van der Waals surface area contributed by atoms with Crippen LogP contribution in [0.25, 0.3) is 16.9 Å². The number of imidazole rings is 1. The third-order valence-electron chi connectivity index (χ3n) is 4.35. The maximum atomic E-state index is 11.2. The Morgan fingerprint density at radius 2 is 1.79 bits per heavy atom. The summed E-state index contributed by atoms with van der Waals surface area (Å²) in [6.45, 7) is 1.99. The van der Waals surface area contributed by atoms with Gasteiger partial charge >= 0.3 is 0 Å². The highest BCUT2D eigenvalue weighted by molar-refractivity contribution is 5.93. The molecule has 1 aromatic carbocycles. The molecular weight excluding hydrogens is 304 g/mol. The number of carbonyl (C=O) groups is 1. The molecule has 1 saturated heterocycles. The second kappa shape index (κ2) is 5.92. The van der Waals surface area contributed by atoms with Crippen LogP contribution < -0.4 is 10.6 Å². The molecule has 0 aliphatic carbocycles. The molecule has 0 spiro atoms. The van der Waals surface area contributed by atoms with Crippen molar-refractivity contribution in [3.63, 3.8) is 0 Å². The predicted molar refractivity (Wildman–Crippen MR) is 91.2 cm³/mol. The van der Waals surface area contributed by atoms with Crippen molar-refractivity contribution in [2.45, 2.75) is 19.3 Å². The van der Waals surface area contributed by atoms with Gasteiger partial charge in [0.25, 0.3) is 0 Å². The monoisotopic (exact) mass is 322 g/mol. The number of primary amides is 1. The molecule has 3 aromatic rings. The van der Waals surface area contributed by atoms with Crippen LogP contribution in [0.1, 0.15) is 29.6 Å². The van der Waals surface area contributed by atoms with E-state index in [4.69, 9.17) is 10.7 Å². The van der Waals surface area contributed by atoms with Crippen LogP contribution >= 0.6 is 0 Å². The SMILES string of the molecule is NC(=O)c1ccc(-n2cnc3cnc(N4CCCCC4)nc32)cc1. The summed E-state index contributed by atoms with van der Waals surface area (Å²) in [5.41, 5.74) is 8.16. The van der Waals surface area contributed by atoms with Crippen LogP contribution in [0.4, 0.5) is 5.95 Å². The Kier molecular flexibility index (Phi) is 3.60. The van der Waals surface area contributed by atoms with E-state index in [2.05, 4.69) is 14.9 Å². The van der Waals surface area contributed by atoms with Gasteiger partial charge in [0.15, 0.2) is 5.65 Å². The number of fused-ring (bicyclic) bond motifs is 1. The zero-order valence-electron chi connectivity index (χ0n) is 13.2. The molecule has 122 valence electrons. The Bertz CT molecular complexity index is 880. The zero-order chi connectivity index (χ0) is 16.5. The Morgan fingerprint density at radius 1 is 1.04 bits per heavy atom. The molecule has 1 fully saturated rings. The maximum Gasteiger partial charge on any atom is 0.248 e. The molecule has 0 unspecified atom stereocenters. The summed E-state index contributed by atoms with van der Waals surface area (Å²) in [7, 11) is 0. The van der Waals surface area contributed by atoms with Crippen molar-refractivity contribution in [2.75, 3.05) is 18.0 Å². The molecule has 7 heteroatoms. The van der Waals surface area contributed by atoms with Gasteiger partial charge in [-0.05, 0) is 43.5 Å². The first kappa shape index (κ1) is 14.6. The number of hydrogen-bond donors (Lipinski definition) is 1. The Labute approximate surface area is 139 Å². The second-order valence-corrected chi connectivity index (χ2v) is 5.95. The topological polar surface area (TPSA) is 89.9 Å². The predicted octanol–water partition coefficient (Wildman–Crippen LogP) is 1.90. The molecule has 2 aromatic heterocycles.